The molecule has 0 aliphatic carbocycles. The fourth-order valence-corrected chi connectivity index (χ4v) is 2.65. The lowest BCUT2D eigenvalue weighted by molar-refractivity contribution is 0.211. The normalized spacial score (nSPS) is 16.7. The average Bonchev–Trinajstić information content (AvgIpc) is 2.45. The van der Waals surface area contributed by atoms with Crippen molar-refractivity contribution in [3.8, 4) is 5.88 Å². The van der Waals surface area contributed by atoms with Crippen LogP contribution in [0.25, 0.3) is 10.8 Å². The fraction of sp³-hybridized carbons (Fsp3) is 0.438. The number of rotatable bonds is 3. The molecule has 1 aliphatic rings. The Balaban J connectivity index is 1.79. The van der Waals surface area contributed by atoms with Crippen molar-refractivity contribution in [2.45, 2.75) is 19.8 Å². The minimum atomic E-state index is 0.655. The van der Waals surface area contributed by atoms with Gasteiger partial charge >= 0.3 is 0 Å². The van der Waals surface area contributed by atoms with Crippen molar-refractivity contribution in [1.82, 2.24) is 10.3 Å². The Hall–Kier alpha value is -1.61. The first-order valence-corrected chi connectivity index (χ1v) is 7.03. The molecule has 0 radical (unpaired) electrons. The summed E-state index contributed by atoms with van der Waals surface area (Å²) in [6, 6.07) is 10.4. The SMILES string of the molecule is Cc1cc2ccccc2c(OCC2CCNCC2)n1. The van der Waals surface area contributed by atoms with Crippen molar-refractivity contribution < 1.29 is 4.74 Å². The van der Waals surface area contributed by atoms with E-state index in [1.165, 1.54) is 18.2 Å². The van der Waals surface area contributed by atoms with Gasteiger partial charge in [-0.1, -0.05) is 18.2 Å². The highest BCUT2D eigenvalue weighted by Crippen LogP contribution is 2.25. The van der Waals surface area contributed by atoms with Gasteiger partial charge in [0.25, 0.3) is 0 Å². The molecule has 1 N–H and O–H groups in total. The first kappa shape index (κ1) is 12.4. The maximum absolute atomic E-state index is 6.00. The van der Waals surface area contributed by atoms with Crippen molar-refractivity contribution in [3.05, 3.63) is 36.0 Å². The van der Waals surface area contributed by atoms with E-state index in [9.17, 15) is 0 Å². The molecule has 3 heteroatoms. The molecule has 3 rings (SSSR count). The van der Waals surface area contributed by atoms with Crippen molar-refractivity contribution in [1.29, 1.82) is 0 Å². The predicted molar refractivity (Wildman–Crippen MR) is 77.6 cm³/mol. The molecule has 0 unspecified atom stereocenters. The van der Waals surface area contributed by atoms with Gasteiger partial charge in [-0.3, -0.25) is 0 Å². The highest BCUT2D eigenvalue weighted by molar-refractivity contribution is 5.87. The summed E-state index contributed by atoms with van der Waals surface area (Å²) in [4.78, 5) is 4.55. The monoisotopic (exact) mass is 256 g/mol. The summed E-state index contributed by atoms with van der Waals surface area (Å²) in [5.74, 6) is 1.44. The zero-order valence-electron chi connectivity index (χ0n) is 11.4. The van der Waals surface area contributed by atoms with Crippen molar-refractivity contribution in [2.75, 3.05) is 19.7 Å². The summed E-state index contributed by atoms with van der Waals surface area (Å²) in [5.41, 5.74) is 1.01. The Morgan fingerprint density at radius 3 is 2.89 bits per heavy atom. The molecular formula is C16H20N2O. The largest absolute Gasteiger partial charge is 0.477 e. The van der Waals surface area contributed by atoms with Crippen LogP contribution in [0.5, 0.6) is 5.88 Å². The third kappa shape index (κ3) is 2.87. The van der Waals surface area contributed by atoms with Gasteiger partial charge in [0, 0.05) is 11.1 Å². The van der Waals surface area contributed by atoms with Gasteiger partial charge in [0.1, 0.15) is 0 Å². The summed E-state index contributed by atoms with van der Waals surface area (Å²) in [5, 5.41) is 5.70. The number of nitrogens with one attached hydrogen (secondary N) is 1. The maximum atomic E-state index is 6.00. The highest BCUT2D eigenvalue weighted by Gasteiger charge is 2.14. The summed E-state index contributed by atoms with van der Waals surface area (Å²) < 4.78 is 6.00. The number of benzene rings is 1. The van der Waals surface area contributed by atoms with E-state index in [0.29, 0.717) is 5.92 Å². The van der Waals surface area contributed by atoms with Crippen molar-refractivity contribution in [2.24, 2.45) is 5.92 Å². The standard InChI is InChI=1S/C16H20N2O/c1-12-10-14-4-2-3-5-15(14)16(18-12)19-11-13-6-8-17-9-7-13/h2-5,10,13,17H,6-9,11H2,1H3. The van der Waals surface area contributed by atoms with Crippen LogP contribution < -0.4 is 10.1 Å². The van der Waals surface area contributed by atoms with Crippen molar-refractivity contribution in [3.63, 3.8) is 0 Å². The Kier molecular flexibility index (Phi) is 3.65. The number of piperidine rings is 1. The Labute approximate surface area is 114 Å². The van der Waals surface area contributed by atoms with Crippen LogP contribution in [0.15, 0.2) is 30.3 Å². The third-order valence-corrected chi connectivity index (χ3v) is 3.75. The topological polar surface area (TPSA) is 34.1 Å². The number of fused-ring (bicyclic) bond motifs is 1. The molecule has 2 aromatic rings. The Morgan fingerprint density at radius 1 is 1.26 bits per heavy atom. The van der Waals surface area contributed by atoms with Crippen LogP contribution in [0.1, 0.15) is 18.5 Å². The smallest absolute Gasteiger partial charge is 0.221 e. The number of aromatic nitrogens is 1. The van der Waals surface area contributed by atoms with E-state index >= 15 is 0 Å². The molecule has 1 fully saturated rings. The zero-order valence-corrected chi connectivity index (χ0v) is 11.4. The van der Waals surface area contributed by atoms with E-state index in [-0.39, 0.29) is 0 Å². The molecular weight excluding hydrogens is 236 g/mol. The highest BCUT2D eigenvalue weighted by atomic mass is 16.5. The second-order valence-electron chi connectivity index (χ2n) is 5.29. The van der Waals surface area contributed by atoms with Gasteiger partial charge in [0.05, 0.1) is 6.61 Å². The van der Waals surface area contributed by atoms with Crippen LogP contribution in [-0.2, 0) is 0 Å². The lowest BCUT2D eigenvalue weighted by Gasteiger charge is -2.22. The molecule has 100 valence electrons. The molecule has 0 atom stereocenters. The molecule has 1 saturated heterocycles. The molecule has 0 amide bonds. The second-order valence-corrected chi connectivity index (χ2v) is 5.29. The minimum absolute atomic E-state index is 0.655. The van der Waals surface area contributed by atoms with E-state index in [0.717, 1.165) is 36.7 Å². The average molecular weight is 256 g/mol. The lowest BCUT2D eigenvalue weighted by atomic mass is 9.99. The summed E-state index contributed by atoms with van der Waals surface area (Å²) in [6.45, 7) is 5.01. The fourth-order valence-electron chi connectivity index (χ4n) is 2.65. The van der Waals surface area contributed by atoms with Gasteiger partial charge in [0.15, 0.2) is 0 Å². The minimum Gasteiger partial charge on any atom is -0.477 e. The Bertz CT molecular complexity index is 562. The third-order valence-electron chi connectivity index (χ3n) is 3.75. The zero-order chi connectivity index (χ0) is 13.1. The van der Waals surface area contributed by atoms with Crippen LogP contribution in [-0.4, -0.2) is 24.7 Å². The van der Waals surface area contributed by atoms with E-state index in [4.69, 9.17) is 4.74 Å². The van der Waals surface area contributed by atoms with Gasteiger partial charge in [-0.15, -0.1) is 0 Å². The first-order valence-electron chi connectivity index (χ1n) is 7.03. The molecule has 0 saturated carbocycles. The van der Waals surface area contributed by atoms with E-state index in [1.807, 2.05) is 13.0 Å². The van der Waals surface area contributed by atoms with Crippen LogP contribution >= 0.6 is 0 Å². The van der Waals surface area contributed by atoms with E-state index < -0.39 is 0 Å². The number of hydrogen-bond acceptors (Lipinski definition) is 3. The molecule has 1 aromatic heterocycles. The Morgan fingerprint density at radius 2 is 2.05 bits per heavy atom. The van der Waals surface area contributed by atoms with Crippen LogP contribution in [0.2, 0.25) is 0 Å². The summed E-state index contributed by atoms with van der Waals surface area (Å²) in [7, 11) is 0. The molecule has 19 heavy (non-hydrogen) atoms. The van der Waals surface area contributed by atoms with Crippen molar-refractivity contribution >= 4 is 10.8 Å². The number of nitrogens with zero attached hydrogens (tertiary/aromatic N) is 1. The quantitative estimate of drug-likeness (QED) is 0.917. The lowest BCUT2D eigenvalue weighted by Crippen LogP contribution is -2.30. The van der Waals surface area contributed by atoms with E-state index in [1.54, 1.807) is 0 Å². The molecule has 1 aliphatic heterocycles. The molecule has 2 heterocycles. The molecule has 1 aromatic carbocycles. The maximum Gasteiger partial charge on any atom is 0.221 e. The van der Waals surface area contributed by atoms with E-state index in [2.05, 4.69) is 34.6 Å². The molecule has 3 nitrogen and oxygen atoms in total. The van der Waals surface area contributed by atoms with Gasteiger partial charge in [0.2, 0.25) is 5.88 Å². The van der Waals surface area contributed by atoms with Gasteiger partial charge < -0.3 is 10.1 Å². The number of ether oxygens (including phenoxy) is 1. The predicted octanol–water partition coefficient (Wildman–Crippen LogP) is 2.92. The summed E-state index contributed by atoms with van der Waals surface area (Å²) in [6.07, 6.45) is 2.40. The van der Waals surface area contributed by atoms with Crippen LogP contribution in [0, 0.1) is 12.8 Å². The first-order chi connectivity index (χ1) is 9.33. The van der Waals surface area contributed by atoms with Gasteiger partial charge in [-0.05, 0) is 56.3 Å². The molecule has 0 spiro atoms. The van der Waals surface area contributed by atoms with Gasteiger partial charge in [-0.25, -0.2) is 4.98 Å². The number of hydrogen-bond donors (Lipinski definition) is 1. The van der Waals surface area contributed by atoms with Gasteiger partial charge in [-0.2, -0.15) is 0 Å². The second kappa shape index (κ2) is 5.57. The summed E-state index contributed by atoms with van der Waals surface area (Å²) >= 11 is 0. The van der Waals surface area contributed by atoms with Crippen LogP contribution in [0.3, 0.4) is 0 Å². The molecule has 0 bridgehead atoms. The number of pyridine rings is 1. The number of aryl methyl sites for hydroxylation is 1. The van der Waals surface area contributed by atoms with Crippen LogP contribution in [0.4, 0.5) is 0 Å².